The minimum atomic E-state index is -0.323. The Morgan fingerprint density at radius 1 is 1.16 bits per heavy atom. The first-order chi connectivity index (χ1) is 15.6. The minimum Gasteiger partial charge on any atom is -0.350 e. The van der Waals surface area contributed by atoms with Crippen LogP contribution in [0.5, 0.6) is 0 Å². The summed E-state index contributed by atoms with van der Waals surface area (Å²) in [5.74, 6) is 0.367. The van der Waals surface area contributed by atoms with Gasteiger partial charge >= 0.3 is 0 Å². The lowest BCUT2D eigenvalue weighted by atomic mass is 10.2. The first kappa shape index (κ1) is 20.7. The third kappa shape index (κ3) is 3.99. The van der Waals surface area contributed by atoms with Crippen molar-refractivity contribution in [2.75, 3.05) is 11.4 Å². The van der Waals surface area contributed by atoms with Crippen LogP contribution in [0, 0.1) is 0 Å². The average molecular weight is 466 g/mol. The van der Waals surface area contributed by atoms with Crippen LogP contribution in [0.2, 0.25) is 5.02 Å². The lowest BCUT2D eigenvalue weighted by Gasteiger charge is -2.23. The SMILES string of the molecule is O=C(NCc1ccccc1)[C@H]1CCCN1c1nc2c(=O)[nH]c(-c3ccccc3Cl)nc2s1. The molecular formula is C23H20ClN5O2S. The van der Waals surface area contributed by atoms with Crippen molar-refractivity contribution < 1.29 is 4.79 Å². The van der Waals surface area contributed by atoms with E-state index in [1.165, 1.54) is 11.3 Å². The molecule has 0 aliphatic carbocycles. The molecule has 9 heteroatoms. The number of carbonyl (C=O) groups is 1. The average Bonchev–Trinajstić information content (AvgIpc) is 3.46. The molecule has 2 aromatic heterocycles. The zero-order valence-corrected chi connectivity index (χ0v) is 18.6. The van der Waals surface area contributed by atoms with E-state index in [2.05, 4.69) is 20.3 Å². The number of thiazole rings is 1. The number of anilines is 1. The van der Waals surface area contributed by atoms with E-state index in [0.29, 0.717) is 39.5 Å². The third-order valence-corrected chi connectivity index (χ3v) is 6.81. The Bertz CT molecular complexity index is 1340. The lowest BCUT2D eigenvalue weighted by Crippen LogP contribution is -2.43. The topological polar surface area (TPSA) is 91.0 Å². The zero-order chi connectivity index (χ0) is 22.1. The van der Waals surface area contributed by atoms with Crippen LogP contribution < -0.4 is 15.8 Å². The molecule has 3 heterocycles. The molecule has 0 unspecified atom stereocenters. The highest BCUT2D eigenvalue weighted by Gasteiger charge is 2.33. The zero-order valence-electron chi connectivity index (χ0n) is 17.0. The summed E-state index contributed by atoms with van der Waals surface area (Å²) in [6.45, 7) is 1.19. The first-order valence-corrected chi connectivity index (χ1v) is 11.5. The predicted octanol–water partition coefficient (Wildman–Crippen LogP) is 3.99. The van der Waals surface area contributed by atoms with E-state index >= 15 is 0 Å². The van der Waals surface area contributed by atoms with Gasteiger partial charge in [-0.15, -0.1) is 0 Å². The molecule has 0 saturated carbocycles. The number of aromatic amines is 1. The number of benzene rings is 2. The van der Waals surface area contributed by atoms with Crippen molar-refractivity contribution >= 4 is 44.3 Å². The van der Waals surface area contributed by atoms with Crippen LogP contribution in [0.4, 0.5) is 5.13 Å². The molecular weight excluding hydrogens is 446 g/mol. The quantitative estimate of drug-likeness (QED) is 0.465. The molecule has 1 aliphatic rings. The van der Waals surface area contributed by atoms with E-state index in [9.17, 15) is 9.59 Å². The van der Waals surface area contributed by atoms with Gasteiger partial charge in [-0.25, -0.2) is 9.97 Å². The van der Waals surface area contributed by atoms with Crippen LogP contribution >= 0.6 is 22.9 Å². The third-order valence-electron chi connectivity index (χ3n) is 5.50. The van der Waals surface area contributed by atoms with Gasteiger partial charge in [0.05, 0.1) is 5.02 Å². The number of amides is 1. The van der Waals surface area contributed by atoms with E-state index in [1.54, 1.807) is 6.07 Å². The Hall–Kier alpha value is -3.23. The van der Waals surface area contributed by atoms with E-state index in [1.807, 2.05) is 53.4 Å². The summed E-state index contributed by atoms with van der Waals surface area (Å²) < 4.78 is 0. The number of hydrogen-bond donors (Lipinski definition) is 2. The fraction of sp³-hybridized carbons (Fsp3) is 0.217. The molecule has 4 aromatic rings. The van der Waals surface area contributed by atoms with Crippen molar-refractivity contribution in [2.45, 2.75) is 25.4 Å². The van der Waals surface area contributed by atoms with E-state index < -0.39 is 0 Å². The minimum absolute atomic E-state index is 0.0377. The van der Waals surface area contributed by atoms with Crippen molar-refractivity contribution in [3.8, 4) is 11.4 Å². The Labute approximate surface area is 193 Å². The van der Waals surface area contributed by atoms with Gasteiger partial charge in [-0.05, 0) is 30.5 Å². The summed E-state index contributed by atoms with van der Waals surface area (Å²) in [4.78, 5) is 40.0. The molecule has 1 fully saturated rings. The van der Waals surface area contributed by atoms with Crippen LogP contribution in [0.1, 0.15) is 18.4 Å². The second kappa shape index (κ2) is 8.72. The number of aromatic nitrogens is 3. The van der Waals surface area contributed by atoms with Gasteiger partial charge in [0.15, 0.2) is 15.5 Å². The first-order valence-electron chi connectivity index (χ1n) is 10.3. The Morgan fingerprint density at radius 3 is 2.75 bits per heavy atom. The van der Waals surface area contributed by atoms with Crippen molar-refractivity contribution in [1.29, 1.82) is 0 Å². The smallest absolute Gasteiger partial charge is 0.278 e. The molecule has 162 valence electrons. The van der Waals surface area contributed by atoms with Gasteiger partial charge in [-0.3, -0.25) is 9.59 Å². The highest BCUT2D eigenvalue weighted by Crippen LogP contribution is 2.33. The summed E-state index contributed by atoms with van der Waals surface area (Å²) >= 11 is 7.59. The Kier molecular flexibility index (Phi) is 5.63. The van der Waals surface area contributed by atoms with Gasteiger partial charge in [-0.2, -0.15) is 0 Å². The molecule has 0 radical (unpaired) electrons. The van der Waals surface area contributed by atoms with Crippen LogP contribution in [-0.2, 0) is 11.3 Å². The Morgan fingerprint density at radius 2 is 1.94 bits per heavy atom. The van der Waals surface area contributed by atoms with Gasteiger partial charge in [-0.1, -0.05) is 65.4 Å². The highest BCUT2D eigenvalue weighted by molar-refractivity contribution is 7.21. The lowest BCUT2D eigenvalue weighted by molar-refractivity contribution is -0.122. The monoisotopic (exact) mass is 465 g/mol. The number of rotatable bonds is 5. The molecule has 1 saturated heterocycles. The molecule has 1 atom stereocenters. The van der Waals surface area contributed by atoms with Crippen LogP contribution in [0.3, 0.4) is 0 Å². The molecule has 32 heavy (non-hydrogen) atoms. The van der Waals surface area contributed by atoms with E-state index in [-0.39, 0.29) is 23.0 Å². The van der Waals surface area contributed by atoms with Gasteiger partial charge in [0, 0.05) is 18.7 Å². The fourth-order valence-corrected chi connectivity index (χ4v) is 5.14. The van der Waals surface area contributed by atoms with Crippen molar-refractivity contribution in [2.24, 2.45) is 0 Å². The predicted molar refractivity (Wildman–Crippen MR) is 127 cm³/mol. The second-order valence-electron chi connectivity index (χ2n) is 7.60. The molecule has 5 rings (SSSR count). The maximum absolute atomic E-state index is 12.9. The molecule has 0 spiro atoms. The normalized spacial score (nSPS) is 15.9. The summed E-state index contributed by atoms with van der Waals surface area (Å²) in [6, 6.07) is 16.7. The van der Waals surface area contributed by atoms with Crippen LogP contribution in [0.15, 0.2) is 59.4 Å². The molecule has 0 bridgehead atoms. The van der Waals surface area contributed by atoms with Gasteiger partial charge < -0.3 is 15.2 Å². The summed E-state index contributed by atoms with van der Waals surface area (Å²) in [5.41, 5.74) is 1.66. The van der Waals surface area contributed by atoms with Gasteiger partial charge in [0.2, 0.25) is 5.91 Å². The fourth-order valence-electron chi connectivity index (χ4n) is 3.90. The van der Waals surface area contributed by atoms with Crippen molar-refractivity contribution in [1.82, 2.24) is 20.3 Å². The van der Waals surface area contributed by atoms with Gasteiger partial charge in [0.25, 0.3) is 5.56 Å². The van der Waals surface area contributed by atoms with E-state index in [0.717, 1.165) is 18.4 Å². The van der Waals surface area contributed by atoms with Gasteiger partial charge in [0.1, 0.15) is 11.9 Å². The summed E-state index contributed by atoms with van der Waals surface area (Å²) in [6.07, 6.45) is 1.62. The number of H-pyrrole nitrogens is 1. The standard InChI is InChI=1S/C23H20ClN5O2S/c24-16-10-5-4-9-15(16)19-27-21(31)18-22(28-19)32-23(26-18)29-12-6-11-17(29)20(30)25-13-14-7-2-1-3-8-14/h1-5,7-10,17H,6,11-13H2,(H,25,30)(H,27,28,31)/t17-/m1/s1. The molecule has 2 N–H and O–H groups in total. The molecule has 1 amide bonds. The number of halogens is 1. The van der Waals surface area contributed by atoms with Crippen LogP contribution in [-0.4, -0.2) is 33.4 Å². The number of nitrogens with one attached hydrogen (secondary N) is 2. The maximum atomic E-state index is 12.9. The van der Waals surface area contributed by atoms with E-state index in [4.69, 9.17) is 11.6 Å². The molecule has 7 nitrogen and oxygen atoms in total. The molecule has 1 aliphatic heterocycles. The summed E-state index contributed by atoms with van der Waals surface area (Å²) in [5, 5.41) is 4.16. The number of hydrogen-bond acceptors (Lipinski definition) is 6. The van der Waals surface area contributed by atoms with Crippen molar-refractivity contribution in [3.63, 3.8) is 0 Å². The maximum Gasteiger partial charge on any atom is 0.278 e. The van der Waals surface area contributed by atoms with Crippen LogP contribution in [0.25, 0.3) is 21.7 Å². The van der Waals surface area contributed by atoms with Crippen molar-refractivity contribution in [3.05, 3.63) is 75.5 Å². The Balaban J connectivity index is 1.41. The largest absolute Gasteiger partial charge is 0.350 e. The summed E-state index contributed by atoms with van der Waals surface area (Å²) in [7, 11) is 0. The molecule has 2 aromatic carbocycles. The number of nitrogens with zero attached hydrogens (tertiary/aromatic N) is 3. The second-order valence-corrected chi connectivity index (χ2v) is 8.96. The number of carbonyl (C=O) groups excluding carboxylic acids is 1. The number of fused-ring (bicyclic) bond motifs is 1. The highest BCUT2D eigenvalue weighted by atomic mass is 35.5.